The first kappa shape index (κ1) is 21.8. The van der Waals surface area contributed by atoms with Crippen LogP contribution in [0.4, 0.5) is 0 Å². The van der Waals surface area contributed by atoms with E-state index in [4.69, 9.17) is 5.14 Å². The molecule has 0 saturated carbocycles. The third-order valence-electron chi connectivity index (χ3n) is 4.12. The third kappa shape index (κ3) is 6.28. The molecule has 2 aromatic carbocycles. The number of sulfonamides is 1. The summed E-state index contributed by atoms with van der Waals surface area (Å²) in [6.07, 6.45) is 0.542. The number of hydrogen-bond acceptors (Lipinski definition) is 6. The number of H-pyrrole nitrogens is 1. The number of hydrogen-bond donors (Lipinski definition) is 3. The highest BCUT2D eigenvalue weighted by molar-refractivity contribution is 7.99. The van der Waals surface area contributed by atoms with E-state index >= 15 is 0 Å². The van der Waals surface area contributed by atoms with Crippen LogP contribution in [0.25, 0.3) is 11.3 Å². The average Bonchev–Trinajstić information content (AvgIpc) is 2.72. The minimum atomic E-state index is -3.71. The Labute approximate surface area is 178 Å². The summed E-state index contributed by atoms with van der Waals surface area (Å²) in [6.45, 7) is 0.391. The van der Waals surface area contributed by atoms with Crippen molar-refractivity contribution in [2.24, 2.45) is 5.14 Å². The molecule has 0 spiro atoms. The molecule has 3 aromatic rings. The second-order valence-electron chi connectivity index (χ2n) is 6.38. The average molecular weight is 445 g/mol. The zero-order valence-corrected chi connectivity index (χ0v) is 17.5. The predicted molar refractivity (Wildman–Crippen MR) is 116 cm³/mol. The van der Waals surface area contributed by atoms with Gasteiger partial charge in [0.15, 0.2) is 5.16 Å². The predicted octanol–water partition coefficient (Wildman–Crippen LogP) is 1.54. The first-order valence-electron chi connectivity index (χ1n) is 8.99. The summed E-state index contributed by atoms with van der Waals surface area (Å²) in [7, 11) is -3.71. The van der Waals surface area contributed by atoms with E-state index in [1.807, 2.05) is 30.3 Å². The topological polar surface area (TPSA) is 135 Å². The van der Waals surface area contributed by atoms with E-state index in [0.717, 1.165) is 22.9 Å². The minimum absolute atomic E-state index is 0.0471. The molecule has 4 N–H and O–H groups in total. The van der Waals surface area contributed by atoms with Crippen LogP contribution in [0.5, 0.6) is 0 Å². The van der Waals surface area contributed by atoms with Gasteiger partial charge in [0, 0.05) is 18.2 Å². The number of amides is 1. The van der Waals surface area contributed by atoms with Gasteiger partial charge in [0.1, 0.15) is 0 Å². The number of nitrogens with two attached hydrogens (primary N) is 1. The molecule has 0 saturated heterocycles. The maximum absolute atomic E-state index is 12.1. The monoisotopic (exact) mass is 444 g/mol. The van der Waals surface area contributed by atoms with Gasteiger partial charge in [0.2, 0.25) is 15.9 Å². The lowest BCUT2D eigenvalue weighted by Gasteiger charge is -2.07. The Morgan fingerprint density at radius 1 is 1.10 bits per heavy atom. The van der Waals surface area contributed by atoms with Crippen LogP contribution in [-0.2, 0) is 21.2 Å². The van der Waals surface area contributed by atoms with Gasteiger partial charge < -0.3 is 10.3 Å². The van der Waals surface area contributed by atoms with Gasteiger partial charge in [-0.3, -0.25) is 9.59 Å². The second kappa shape index (κ2) is 9.70. The van der Waals surface area contributed by atoms with E-state index in [0.29, 0.717) is 23.8 Å². The number of carbonyl (C=O) groups is 1. The Morgan fingerprint density at radius 2 is 1.80 bits per heavy atom. The van der Waals surface area contributed by atoms with E-state index in [-0.39, 0.29) is 22.1 Å². The van der Waals surface area contributed by atoms with Crippen molar-refractivity contribution in [1.29, 1.82) is 0 Å². The molecular formula is C20H20N4O4S2. The van der Waals surface area contributed by atoms with Crippen molar-refractivity contribution in [3.05, 3.63) is 76.6 Å². The van der Waals surface area contributed by atoms with Gasteiger partial charge in [-0.2, -0.15) is 0 Å². The number of primary sulfonamides is 1. The van der Waals surface area contributed by atoms with E-state index < -0.39 is 10.0 Å². The molecule has 8 nitrogen and oxygen atoms in total. The Morgan fingerprint density at radius 3 is 2.47 bits per heavy atom. The second-order valence-corrected chi connectivity index (χ2v) is 8.90. The lowest BCUT2D eigenvalue weighted by atomic mass is 10.1. The van der Waals surface area contributed by atoms with Crippen molar-refractivity contribution in [3.63, 3.8) is 0 Å². The van der Waals surface area contributed by atoms with Gasteiger partial charge in [0.05, 0.1) is 16.3 Å². The molecule has 30 heavy (non-hydrogen) atoms. The van der Waals surface area contributed by atoms with Gasteiger partial charge in [-0.15, -0.1) is 0 Å². The number of carbonyl (C=O) groups excluding carboxylic acids is 1. The van der Waals surface area contributed by atoms with E-state index in [9.17, 15) is 18.0 Å². The van der Waals surface area contributed by atoms with E-state index in [1.165, 1.54) is 18.2 Å². The molecule has 1 aromatic heterocycles. The fourth-order valence-electron chi connectivity index (χ4n) is 2.64. The van der Waals surface area contributed by atoms with Crippen molar-refractivity contribution in [3.8, 4) is 11.3 Å². The summed E-state index contributed by atoms with van der Waals surface area (Å²) in [5.74, 6) is -0.0974. The van der Waals surface area contributed by atoms with Gasteiger partial charge >= 0.3 is 0 Å². The van der Waals surface area contributed by atoms with Crippen LogP contribution in [0.2, 0.25) is 0 Å². The molecule has 0 aliphatic carbocycles. The Hall–Kier alpha value is -2.95. The molecule has 0 bridgehead atoms. The molecule has 10 heteroatoms. The number of benzene rings is 2. The van der Waals surface area contributed by atoms with Gasteiger partial charge in [-0.05, 0) is 24.1 Å². The van der Waals surface area contributed by atoms with Gasteiger partial charge in [-0.25, -0.2) is 18.5 Å². The van der Waals surface area contributed by atoms with Crippen LogP contribution in [0.3, 0.4) is 0 Å². The molecule has 0 atom stereocenters. The van der Waals surface area contributed by atoms with Crippen LogP contribution in [0.1, 0.15) is 5.56 Å². The van der Waals surface area contributed by atoms with Crippen molar-refractivity contribution >= 4 is 27.7 Å². The Balaban J connectivity index is 1.50. The van der Waals surface area contributed by atoms with Crippen LogP contribution in [0, 0.1) is 0 Å². The standard InChI is InChI=1S/C20H20N4O4S2/c21-30(27,28)16-8-6-14(7-9-16)10-11-22-19(26)13-29-20-23-17(12-18(25)24-20)15-4-2-1-3-5-15/h1-9,12H,10-11,13H2,(H,22,26)(H2,21,27,28)(H,23,24,25). The number of thioether (sulfide) groups is 1. The first-order valence-corrected chi connectivity index (χ1v) is 11.5. The van der Waals surface area contributed by atoms with E-state index in [2.05, 4.69) is 15.3 Å². The lowest BCUT2D eigenvalue weighted by Crippen LogP contribution is -2.27. The number of nitrogens with one attached hydrogen (secondary N) is 2. The maximum Gasteiger partial charge on any atom is 0.252 e. The zero-order chi connectivity index (χ0) is 21.6. The number of rotatable bonds is 8. The molecule has 0 fully saturated rings. The molecular weight excluding hydrogens is 424 g/mol. The first-order chi connectivity index (χ1) is 14.3. The van der Waals surface area contributed by atoms with Crippen LogP contribution < -0.4 is 16.0 Å². The highest BCUT2D eigenvalue weighted by atomic mass is 32.2. The highest BCUT2D eigenvalue weighted by Crippen LogP contribution is 2.18. The van der Waals surface area contributed by atoms with Crippen LogP contribution in [0.15, 0.2) is 75.5 Å². The fourth-order valence-corrected chi connectivity index (χ4v) is 3.86. The fraction of sp³-hybridized carbons (Fsp3) is 0.150. The van der Waals surface area contributed by atoms with Gasteiger partial charge in [0.25, 0.3) is 5.56 Å². The lowest BCUT2D eigenvalue weighted by molar-refractivity contribution is -0.118. The van der Waals surface area contributed by atoms with Crippen LogP contribution >= 0.6 is 11.8 Å². The summed E-state index contributed by atoms with van der Waals surface area (Å²) < 4.78 is 22.5. The van der Waals surface area contributed by atoms with Crippen LogP contribution in [-0.4, -0.2) is 36.6 Å². The summed E-state index contributed by atoms with van der Waals surface area (Å²) in [5, 5.41) is 8.22. The zero-order valence-electron chi connectivity index (χ0n) is 15.9. The number of aromatic amines is 1. The number of aromatic nitrogens is 2. The summed E-state index contributed by atoms with van der Waals surface area (Å²) in [5.41, 5.74) is 1.96. The normalized spacial score (nSPS) is 11.2. The summed E-state index contributed by atoms with van der Waals surface area (Å²) in [6, 6.07) is 16.9. The molecule has 156 valence electrons. The van der Waals surface area contributed by atoms with Gasteiger partial charge in [-0.1, -0.05) is 54.2 Å². The molecule has 0 radical (unpaired) electrons. The Kier molecular flexibility index (Phi) is 7.03. The van der Waals surface area contributed by atoms with Crippen molar-refractivity contribution < 1.29 is 13.2 Å². The van der Waals surface area contributed by atoms with Crippen molar-refractivity contribution in [1.82, 2.24) is 15.3 Å². The summed E-state index contributed by atoms with van der Waals surface area (Å²) in [4.78, 5) is 31.0. The quantitative estimate of drug-likeness (QED) is 0.356. The maximum atomic E-state index is 12.1. The van der Waals surface area contributed by atoms with E-state index in [1.54, 1.807) is 12.1 Å². The minimum Gasteiger partial charge on any atom is -0.355 e. The number of nitrogens with zero attached hydrogens (tertiary/aromatic N) is 1. The summed E-state index contributed by atoms with van der Waals surface area (Å²) >= 11 is 1.14. The molecule has 3 rings (SSSR count). The molecule has 0 aliphatic rings. The van der Waals surface area contributed by atoms with Crippen molar-refractivity contribution in [2.75, 3.05) is 12.3 Å². The third-order valence-corrected chi connectivity index (χ3v) is 5.92. The SMILES string of the molecule is NS(=O)(=O)c1ccc(CCNC(=O)CSc2nc(-c3ccccc3)cc(=O)[nH]2)cc1. The Bertz CT molecular complexity index is 1180. The highest BCUT2D eigenvalue weighted by Gasteiger charge is 2.09. The molecule has 1 amide bonds. The van der Waals surface area contributed by atoms with Crippen molar-refractivity contribution in [2.45, 2.75) is 16.5 Å². The molecule has 0 aliphatic heterocycles. The molecule has 1 heterocycles. The largest absolute Gasteiger partial charge is 0.355 e. The smallest absolute Gasteiger partial charge is 0.252 e. The molecule has 0 unspecified atom stereocenters.